The van der Waals surface area contributed by atoms with E-state index < -0.39 is 0 Å². The molecule has 4 nitrogen and oxygen atoms in total. The van der Waals surface area contributed by atoms with E-state index in [1.54, 1.807) is 13.4 Å². The SMILES string of the molecule is C#Cc1cccc(N=c2c(=CC)c(=CC)ncn2CCOC)c1. The quantitative estimate of drug-likeness (QED) is 0.800. The first-order chi connectivity index (χ1) is 11.2. The second kappa shape index (κ2) is 8.11. The third-order valence-corrected chi connectivity index (χ3v) is 3.47. The third-order valence-electron chi connectivity index (χ3n) is 3.47. The van der Waals surface area contributed by atoms with Crippen LogP contribution in [-0.2, 0) is 11.3 Å². The van der Waals surface area contributed by atoms with Gasteiger partial charge in [0, 0.05) is 24.4 Å². The lowest BCUT2D eigenvalue weighted by molar-refractivity contribution is 0.185. The molecule has 0 N–H and O–H groups in total. The van der Waals surface area contributed by atoms with Gasteiger partial charge in [0.15, 0.2) is 0 Å². The van der Waals surface area contributed by atoms with Crippen LogP contribution in [0.15, 0.2) is 35.6 Å². The van der Waals surface area contributed by atoms with Crippen LogP contribution in [0.5, 0.6) is 0 Å². The molecule has 0 fully saturated rings. The molecule has 0 spiro atoms. The van der Waals surface area contributed by atoms with Crippen LogP contribution in [0.2, 0.25) is 0 Å². The van der Waals surface area contributed by atoms with Crippen LogP contribution in [0.3, 0.4) is 0 Å². The fourth-order valence-corrected chi connectivity index (χ4v) is 2.30. The van der Waals surface area contributed by atoms with Gasteiger partial charge in [0.05, 0.1) is 24.0 Å². The Labute approximate surface area is 136 Å². The summed E-state index contributed by atoms with van der Waals surface area (Å²) in [5.74, 6) is 2.64. The van der Waals surface area contributed by atoms with E-state index in [-0.39, 0.29) is 0 Å². The molecule has 0 bridgehead atoms. The van der Waals surface area contributed by atoms with E-state index in [9.17, 15) is 0 Å². The standard InChI is InChI=1S/C19H21N3O/c1-5-15-9-8-10-16(13-15)21-19-17(6-2)18(7-3)20-14-22(19)11-12-23-4/h1,6-10,13-14H,11-12H2,2-4H3. The normalized spacial score (nSPS) is 13.4. The molecule has 1 heterocycles. The van der Waals surface area contributed by atoms with Gasteiger partial charge in [-0.15, -0.1) is 6.42 Å². The predicted octanol–water partition coefficient (Wildman–Crippen LogP) is 1.34. The summed E-state index contributed by atoms with van der Waals surface area (Å²) in [6.07, 6.45) is 11.3. The summed E-state index contributed by atoms with van der Waals surface area (Å²) in [7, 11) is 1.68. The second-order valence-corrected chi connectivity index (χ2v) is 4.94. The monoisotopic (exact) mass is 307 g/mol. The summed E-state index contributed by atoms with van der Waals surface area (Å²) in [5, 5.41) is 1.91. The van der Waals surface area contributed by atoms with Crippen LogP contribution in [0, 0.1) is 12.3 Å². The van der Waals surface area contributed by atoms with Gasteiger partial charge in [0.1, 0.15) is 5.49 Å². The number of hydrogen-bond donors (Lipinski definition) is 0. The summed E-state index contributed by atoms with van der Waals surface area (Å²) in [5.41, 5.74) is 2.48. The molecule has 0 saturated carbocycles. The number of ether oxygens (including phenoxy) is 1. The van der Waals surface area contributed by atoms with Crippen molar-refractivity contribution < 1.29 is 4.74 Å². The highest BCUT2D eigenvalue weighted by molar-refractivity contribution is 5.46. The van der Waals surface area contributed by atoms with Crippen LogP contribution in [0.25, 0.3) is 12.2 Å². The molecule has 4 heteroatoms. The van der Waals surface area contributed by atoms with Gasteiger partial charge in [0.25, 0.3) is 0 Å². The molecule has 0 amide bonds. The molecular weight excluding hydrogens is 286 g/mol. The number of hydrogen-bond acceptors (Lipinski definition) is 3. The molecule has 0 aliphatic carbocycles. The molecule has 0 aliphatic rings. The minimum absolute atomic E-state index is 0.595. The van der Waals surface area contributed by atoms with Crippen molar-refractivity contribution in [3.63, 3.8) is 0 Å². The maximum Gasteiger partial charge on any atom is 0.143 e. The minimum atomic E-state index is 0.595. The van der Waals surface area contributed by atoms with Crippen molar-refractivity contribution in [2.24, 2.45) is 4.99 Å². The summed E-state index contributed by atoms with van der Waals surface area (Å²) in [6.45, 7) is 5.23. The van der Waals surface area contributed by atoms with Crippen molar-refractivity contribution in [1.29, 1.82) is 0 Å². The maximum absolute atomic E-state index is 5.47. The Hall–Kier alpha value is -2.64. The summed E-state index contributed by atoms with van der Waals surface area (Å²) < 4.78 is 7.18. The van der Waals surface area contributed by atoms with E-state index in [2.05, 4.69) is 10.9 Å². The van der Waals surface area contributed by atoms with E-state index in [1.807, 2.05) is 54.8 Å². The van der Waals surface area contributed by atoms with E-state index in [0.29, 0.717) is 13.2 Å². The van der Waals surface area contributed by atoms with Gasteiger partial charge in [-0.05, 0) is 32.0 Å². The van der Waals surface area contributed by atoms with Crippen LogP contribution in [-0.4, -0.2) is 23.3 Å². The molecule has 0 saturated heterocycles. The molecule has 2 rings (SSSR count). The Kier molecular flexibility index (Phi) is 5.90. The molecule has 0 aliphatic heterocycles. The number of aromatic nitrogens is 2. The van der Waals surface area contributed by atoms with Gasteiger partial charge >= 0.3 is 0 Å². The van der Waals surface area contributed by atoms with Gasteiger partial charge in [-0.2, -0.15) is 0 Å². The predicted molar refractivity (Wildman–Crippen MR) is 93.2 cm³/mol. The summed E-state index contributed by atoms with van der Waals surface area (Å²) in [6, 6.07) is 7.64. The van der Waals surface area contributed by atoms with Gasteiger partial charge in [-0.25, -0.2) is 9.98 Å². The van der Waals surface area contributed by atoms with Crippen molar-refractivity contribution in [1.82, 2.24) is 9.55 Å². The molecule has 1 aromatic heterocycles. The van der Waals surface area contributed by atoms with E-state index in [4.69, 9.17) is 16.2 Å². The lowest BCUT2D eigenvalue weighted by Gasteiger charge is -2.07. The number of rotatable bonds is 4. The van der Waals surface area contributed by atoms with Crippen molar-refractivity contribution in [2.75, 3.05) is 13.7 Å². The maximum atomic E-state index is 5.47. The van der Waals surface area contributed by atoms with Crippen molar-refractivity contribution >= 4 is 17.8 Å². The van der Waals surface area contributed by atoms with Gasteiger partial charge < -0.3 is 9.30 Å². The zero-order valence-electron chi connectivity index (χ0n) is 13.8. The van der Waals surface area contributed by atoms with Crippen LogP contribution >= 0.6 is 0 Å². The zero-order chi connectivity index (χ0) is 16.7. The molecule has 0 atom stereocenters. The van der Waals surface area contributed by atoms with Gasteiger partial charge in [-0.1, -0.05) is 24.1 Å². The minimum Gasteiger partial charge on any atom is -0.383 e. The topological polar surface area (TPSA) is 39.4 Å². The van der Waals surface area contributed by atoms with Crippen LogP contribution in [0.1, 0.15) is 19.4 Å². The smallest absolute Gasteiger partial charge is 0.143 e. The zero-order valence-corrected chi connectivity index (χ0v) is 13.8. The Morgan fingerprint density at radius 1 is 1.35 bits per heavy atom. The van der Waals surface area contributed by atoms with E-state index in [1.165, 1.54) is 0 Å². The van der Waals surface area contributed by atoms with E-state index >= 15 is 0 Å². The number of nitrogens with zero attached hydrogens (tertiary/aromatic N) is 3. The lowest BCUT2D eigenvalue weighted by Crippen LogP contribution is -2.47. The molecular formula is C19H21N3O. The van der Waals surface area contributed by atoms with Crippen molar-refractivity contribution in [3.8, 4) is 12.3 Å². The summed E-state index contributed by atoms with van der Waals surface area (Å²) >= 11 is 0. The number of terminal acetylenes is 1. The average Bonchev–Trinajstić information content (AvgIpc) is 2.60. The van der Waals surface area contributed by atoms with Gasteiger partial charge in [0.2, 0.25) is 0 Å². The first-order valence-corrected chi connectivity index (χ1v) is 7.52. The Morgan fingerprint density at radius 3 is 2.83 bits per heavy atom. The molecule has 0 unspecified atom stereocenters. The largest absolute Gasteiger partial charge is 0.383 e. The lowest BCUT2D eigenvalue weighted by atomic mass is 10.2. The van der Waals surface area contributed by atoms with Crippen LogP contribution in [0.4, 0.5) is 5.69 Å². The summed E-state index contributed by atoms with van der Waals surface area (Å²) in [4.78, 5) is 9.29. The van der Waals surface area contributed by atoms with E-state index in [0.717, 1.165) is 27.3 Å². The average molecular weight is 307 g/mol. The molecule has 23 heavy (non-hydrogen) atoms. The fraction of sp³-hybridized carbons (Fsp3) is 0.263. The van der Waals surface area contributed by atoms with Crippen molar-refractivity contribution in [2.45, 2.75) is 20.4 Å². The molecule has 0 radical (unpaired) electrons. The molecule has 118 valence electrons. The van der Waals surface area contributed by atoms with Crippen LogP contribution < -0.4 is 16.1 Å². The highest BCUT2D eigenvalue weighted by atomic mass is 16.5. The Balaban J connectivity index is 2.76. The first-order valence-electron chi connectivity index (χ1n) is 7.52. The first kappa shape index (κ1) is 16.7. The Morgan fingerprint density at radius 2 is 2.17 bits per heavy atom. The molecule has 1 aromatic carbocycles. The number of methoxy groups -OCH3 is 1. The fourth-order valence-electron chi connectivity index (χ4n) is 2.30. The highest BCUT2D eigenvalue weighted by Gasteiger charge is 2.00. The van der Waals surface area contributed by atoms with Crippen molar-refractivity contribution in [3.05, 3.63) is 52.2 Å². The highest BCUT2D eigenvalue weighted by Crippen LogP contribution is 2.11. The third kappa shape index (κ3) is 3.97. The second-order valence-electron chi connectivity index (χ2n) is 4.94. The van der Waals surface area contributed by atoms with Gasteiger partial charge in [-0.3, -0.25) is 0 Å². The molecule has 2 aromatic rings. The Bertz CT molecular complexity index is 901. The number of benzene rings is 1.